The molecule has 3 fully saturated rings. The van der Waals surface area contributed by atoms with Gasteiger partial charge in [-0.05, 0) is 63.8 Å². The summed E-state index contributed by atoms with van der Waals surface area (Å²) in [5.74, 6) is -7.44. The van der Waals surface area contributed by atoms with Crippen LogP contribution in [0.15, 0.2) is 0 Å². The van der Waals surface area contributed by atoms with E-state index in [1.165, 1.54) is 9.80 Å². The maximum absolute atomic E-state index is 13.8. The van der Waals surface area contributed by atoms with Crippen molar-refractivity contribution < 1.29 is 53.4 Å². The number of rotatable bonds is 20. The Labute approximate surface area is 330 Å². The molecule has 21 heteroatoms. The van der Waals surface area contributed by atoms with Crippen LogP contribution < -0.4 is 31.9 Å². The van der Waals surface area contributed by atoms with E-state index in [9.17, 15) is 53.4 Å². The molecule has 8 N–H and O–H groups in total. The van der Waals surface area contributed by atoms with Gasteiger partial charge in [-0.3, -0.25) is 38.4 Å². The number of aliphatic carboxylic acids is 2. The summed E-state index contributed by atoms with van der Waals surface area (Å²) in [6, 6.07) is -7.41. The normalized spacial score (nSPS) is 21.6. The van der Waals surface area contributed by atoms with Gasteiger partial charge >= 0.3 is 11.9 Å². The number of nitrogens with zero attached hydrogens (tertiary/aromatic N) is 2. The Morgan fingerprint density at radius 1 is 0.709 bits per heavy atom. The van der Waals surface area contributed by atoms with E-state index < -0.39 is 109 Å². The van der Waals surface area contributed by atoms with Crippen molar-refractivity contribution in [2.24, 2.45) is 5.92 Å². The molecule has 0 unspecified atom stereocenters. The van der Waals surface area contributed by atoms with Crippen molar-refractivity contribution in [1.29, 1.82) is 0 Å². The number of hydrogen-bond donors (Lipinski definition) is 10. The zero-order valence-corrected chi connectivity index (χ0v) is 32.9. The fourth-order valence-corrected chi connectivity index (χ4v) is 7.36. The van der Waals surface area contributed by atoms with E-state index in [0.29, 0.717) is 32.2 Å². The van der Waals surface area contributed by atoms with Crippen LogP contribution >= 0.6 is 25.3 Å². The number of carbonyl (C=O) groups is 9. The van der Waals surface area contributed by atoms with Crippen LogP contribution in [0.5, 0.6) is 0 Å². The van der Waals surface area contributed by atoms with Crippen molar-refractivity contribution in [2.45, 2.75) is 114 Å². The van der Waals surface area contributed by atoms with E-state index in [4.69, 9.17) is 0 Å². The number of nitrogens with one attached hydrogen (secondary N) is 6. The molecule has 7 amide bonds. The fourth-order valence-electron chi connectivity index (χ4n) is 6.86. The summed E-state index contributed by atoms with van der Waals surface area (Å²) < 4.78 is 0. The average Bonchev–Trinajstić information content (AvgIpc) is 3.95. The molecule has 0 radical (unpaired) electrons. The first kappa shape index (κ1) is 45.3. The lowest BCUT2D eigenvalue weighted by Crippen LogP contribution is -2.60. The van der Waals surface area contributed by atoms with Crippen molar-refractivity contribution in [3.63, 3.8) is 0 Å². The van der Waals surface area contributed by atoms with E-state index in [1.807, 2.05) is 13.8 Å². The Balaban J connectivity index is 1.63. The van der Waals surface area contributed by atoms with Crippen LogP contribution in [0.4, 0.5) is 0 Å². The van der Waals surface area contributed by atoms with Crippen LogP contribution in [0.1, 0.15) is 71.6 Å². The number of likely N-dealkylation sites (tertiary alicyclic amines) is 2. The van der Waals surface area contributed by atoms with Gasteiger partial charge in [0.25, 0.3) is 0 Å². The molecular formula is C34H54N8O11S2. The van der Waals surface area contributed by atoms with Crippen LogP contribution in [-0.4, -0.2) is 153 Å². The van der Waals surface area contributed by atoms with Gasteiger partial charge in [-0.1, -0.05) is 13.8 Å². The van der Waals surface area contributed by atoms with E-state index in [0.717, 1.165) is 6.42 Å². The lowest BCUT2D eigenvalue weighted by molar-refractivity contribution is -0.150. The van der Waals surface area contributed by atoms with Gasteiger partial charge < -0.3 is 51.9 Å². The van der Waals surface area contributed by atoms with Crippen LogP contribution in [0.25, 0.3) is 0 Å². The second kappa shape index (κ2) is 21.8. The van der Waals surface area contributed by atoms with Gasteiger partial charge in [-0.2, -0.15) is 25.3 Å². The highest BCUT2D eigenvalue weighted by atomic mass is 32.1. The number of amides is 7. The maximum atomic E-state index is 13.8. The zero-order chi connectivity index (χ0) is 40.8. The lowest BCUT2D eigenvalue weighted by atomic mass is 10.0. The average molecular weight is 815 g/mol. The van der Waals surface area contributed by atoms with E-state index >= 15 is 0 Å². The van der Waals surface area contributed by atoms with Gasteiger partial charge in [0.2, 0.25) is 41.4 Å². The van der Waals surface area contributed by atoms with Crippen LogP contribution in [0.3, 0.4) is 0 Å². The van der Waals surface area contributed by atoms with Crippen molar-refractivity contribution >= 4 is 78.5 Å². The maximum Gasteiger partial charge on any atom is 0.326 e. The molecule has 0 aromatic carbocycles. The summed E-state index contributed by atoms with van der Waals surface area (Å²) in [5.41, 5.74) is 0. The Bertz CT molecular complexity index is 1450. The van der Waals surface area contributed by atoms with Gasteiger partial charge in [-0.15, -0.1) is 0 Å². The second-order valence-corrected chi connectivity index (χ2v) is 15.0. The number of carbonyl (C=O) groups excluding carboxylic acids is 7. The summed E-state index contributed by atoms with van der Waals surface area (Å²) in [5, 5.41) is 34.4. The highest BCUT2D eigenvalue weighted by Gasteiger charge is 2.42. The zero-order valence-electron chi connectivity index (χ0n) is 31.1. The minimum atomic E-state index is -1.39. The van der Waals surface area contributed by atoms with Gasteiger partial charge in [0.05, 0.1) is 12.6 Å². The van der Waals surface area contributed by atoms with Crippen molar-refractivity contribution in [2.75, 3.05) is 37.7 Å². The Morgan fingerprint density at radius 3 is 1.85 bits per heavy atom. The van der Waals surface area contributed by atoms with Gasteiger partial charge in [0.1, 0.15) is 36.3 Å². The highest BCUT2D eigenvalue weighted by Crippen LogP contribution is 2.23. The largest absolute Gasteiger partial charge is 0.481 e. The molecule has 0 spiro atoms. The summed E-state index contributed by atoms with van der Waals surface area (Å²) in [4.78, 5) is 118. The van der Waals surface area contributed by atoms with Crippen LogP contribution in [0, 0.1) is 5.92 Å². The standard InChI is InChI=1S/C34H54N8O11S2/c1-18(2)14-21(32(50)42-13-5-8-25(42)34(52)53)38-31(49)24-7-4-12-41(24)33(51)23(17-55)40-30(48)22(16-54)39-29(47)20(9-10-27(44)45)37-26(43)15-36-28(46)19-6-3-11-35-19/h18-25,35,54-55H,3-17H2,1-2H3,(H,36,46)(H,37,43)(H,38,49)(H,39,47)(H,40,48)(H,44,45)(H,52,53)/t19-,20-,21-,22-,23-,24-,25-/m0/s1. The quantitative estimate of drug-likeness (QED) is 0.0578. The minimum Gasteiger partial charge on any atom is -0.481 e. The van der Waals surface area contributed by atoms with Crippen LogP contribution in [-0.2, 0) is 43.2 Å². The first-order chi connectivity index (χ1) is 26.1. The molecule has 308 valence electrons. The first-order valence-electron chi connectivity index (χ1n) is 18.6. The summed E-state index contributed by atoms with van der Waals surface area (Å²) in [6.07, 6.45) is 2.39. The molecule has 0 saturated carbocycles. The highest BCUT2D eigenvalue weighted by molar-refractivity contribution is 7.80. The molecule has 3 heterocycles. The molecule has 0 bridgehead atoms. The Hall–Kier alpha value is -4.11. The third-order valence-corrected chi connectivity index (χ3v) is 10.4. The molecule has 7 atom stereocenters. The molecule has 55 heavy (non-hydrogen) atoms. The fraction of sp³-hybridized carbons (Fsp3) is 0.735. The van der Waals surface area contributed by atoms with Crippen LogP contribution in [0.2, 0.25) is 0 Å². The molecule has 3 aliphatic heterocycles. The van der Waals surface area contributed by atoms with Gasteiger partial charge in [0.15, 0.2) is 0 Å². The third-order valence-electron chi connectivity index (χ3n) is 9.69. The number of carboxylic acid groups (broad SMARTS) is 2. The number of hydrogen-bond acceptors (Lipinski definition) is 12. The summed E-state index contributed by atoms with van der Waals surface area (Å²) in [7, 11) is 0. The second-order valence-electron chi connectivity index (χ2n) is 14.3. The number of thiol groups is 2. The summed E-state index contributed by atoms with van der Waals surface area (Å²) in [6.45, 7) is 4.34. The van der Waals surface area contributed by atoms with Crippen molar-refractivity contribution in [3.8, 4) is 0 Å². The van der Waals surface area contributed by atoms with Gasteiger partial charge in [0, 0.05) is 31.0 Å². The molecule has 3 rings (SSSR count). The smallest absolute Gasteiger partial charge is 0.326 e. The van der Waals surface area contributed by atoms with E-state index in [-0.39, 0.29) is 49.8 Å². The van der Waals surface area contributed by atoms with Crippen molar-refractivity contribution in [1.82, 2.24) is 41.7 Å². The number of carboxylic acids is 2. The third kappa shape index (κ3) is 13.3. The SMILES string of the molecule is CC(C)C[C@H](NC(=O)[C@@H]1CCCN1C(=O)[C@H](CS)NC(=O)[C@H](CS)NC(=O)[C@H](CCC(=O)O)NC(=O)CNC(=O)[C@@H]1CCCN1)C(=O)N1CCC[C@H]1C(=O)O. The Morgan fingerprint density at radius 2 is 1.29 bits per heavy atom. The monoisotopic (exact) mass is 814 g/mol. The Kier molecular flexibility index (Phi) is 18.0. The van der Waals surface area contributed by atoms with Crippen molar-refractivity contribution in [3.05, 3.63) is 0 Å². The summed E-state index contributed by atoms with van der Waals surface area (Å²) >= 11 is 8.40. The molecule has 0 aromatic rings. The van der Waals surface area contributed by atoms with E-state index in [2.05, 4.69) is 57.2 Å². The minimum absolute atomic E-state index is 0.0269. The first-order valence-corrected chi connectivity index (χ1v) is 19.8. The molecule has 3 saturated heterocycles. The predicted octanol–water partition coefficient (Wildman–Crippen LogP) is -2.37. The molecular weight excluding hydrogens is 761 g/mol. The molecule has 3 aliphatic rings. The molecule has 0 aliphatic carbocycles. The van der Waals surface area contributed by atoms with E-state index in [1.54, 1.807) is 0 Å². The lowest BCUT2D eigenvalue weighted by Gasteiger charge is -2.32. The van der Waals surface area contributed by atoms with Gasteiger partial charge in [-0.25, -0.2) is 4.79 Å². The molecule has 0 aromatic heterocycles. The molecule has 19 nitrogen and oxygen atoms in total. The predicted molar refractivity (Wildman–Crippen MR) is 203 cm³/mol. The topological polar surface area (TPSA) is 273 Å².